The SMILES string of the molecule is C[C@@H](O)[C@H]1C(=O)N2C(C(=O)[O-])=C(SC3CN(C4=NCCS4)C3)S[C@H]12.[K+]. The average Bonchev–Trinajstić information content (AvgIpc) is 3.07. The number of aliphatic imine (C=N–C) groups is 1. The summed E-state index contributed by atoms with van der Waals surface area (Å²) in [6, 6.07) is 0. The summed E-state index contributed by atoms with van der Waals surface area (Å²) in [6.07, 6.45) is -0.782. The Labute approximate surface area is 200 Å². The second-order valence-corrected chi connectivity index (χ2v) is 9.82. The third kappa shape index (κ3) is 3.60. The molecule has 3 atom stereocenters. The quantitative estimate of drug-likeness (QED) is 0.364. The van der Waals surface area contributed by atoms with Gasteiger partial charge in [0, 0.05) is 24.1 Å². The van der Waals surface area contributed by atoms with Crippen LogP contribution in [0.5, 0.6) is 0 Å². The Morgan fingerprint density at radius 3 is 2.76 bits per heavy atom. The number of β-lactam (4-membered cyclic amide) rings is 1. The molecule has 1 amide bonds. The summed E-state index contributed by atoms with van der Waals surface area (Å²) in [5.41, 5.74) is -0.0251. The minimum atomic E-state index is -1.32. The number of hydrogen-bond donors (Lipinski definition) is 1. The molecule has 4 heterocycles. The first-order valence-electron chi connectivity index (χ1n) is 7.69. The van der Waals surface area contributed by atoms with Crippen molar-refractivity contribution < 1.29 is 71.2 Å². The number of likely N-dealkylation sites (tertiary alicyclic amines) is 1. The van der Waals surface area contributed by atoms with E-state index < -0.39 is 18.0 Å². The van der Waals surface area contributed by atoms with Crippen LogP contribution < -0.4 is 56.5 Å². The predicted molar refractivity (Wildman–Crippen MR) is 93.1 cm³/mol. The fourth-order valence-electron chi connectivity index (χ4n) is 3.16. The molecular formula is C14H16KN3O4S3. The summed E-state index contributed by atoms with van der Waals surface area (Å²) in [4.78, 5) is 31.5. The number of carboxylic acids is 1. The molecule has 2 fully saturated rings. The molecule has 0 saturated carbocycles. The van der Waals surface area contributed by atoms with E-state index in [9.17, 15) is 19.8 Å². The zero-order chi connectivity index (χ0) is 17.0. The molecule has 2 saturated heterocycles. The van der Waals surface area contributed by atoms with Gasteiger partial charge in [0.25, 0.3) is 0 Å². The average molecular weight is 426 g/mol. The zero-order valence-corrected chi connectivity index (χ0v) is 19.4. The standard InChI is InChI=1S/C14H17N3O4S3.K/c1-6(18)8-10(19)17-9(12(20)21)13(24-11(8)17)23-7-4-16(5-7)14-15-2-3-22-14;/h6-8,11,18H,2-5H2,1H3,(H,20,21);/q;+1/p-1/t6-,8+,11-;/m1./s1. The molecule has 0 aromatic heterocycles. The number of amidine groups is 1. The number of carboxylic acid groups (broad SMARTS) is 1. The van der Waals surface area contributed by atoms with Crippen molar-refractivity contribution >= 4 is 52.3 Å². The third-order valence-electron chi connectivity index (χ3n) is 4.42. The van der Waals surface area contributed by atoms with Gasteiger partial charge < -0.3 is 19.9 Å². The largest absolute Gasteiger partial charge is 1.00 e. The second-order valence-electron chi connectivity index (χ2n) is 6.06. The molecular weight excluding hydrogens is 409 g/mol. The molecule has 4 aliphatic heterocycles. The van der Waals surface area contributed by atoms with E-state index in [-0.39, 0.29) is 73.6 Å². The van der Waals surface area contributed by atoms with Crippen molar-refractivity contribution in [3.63, 3.8) is 0 Å². The Bertz CT molecular complexity index is 666. The Balaban J connectivity index is 0.00000182. The van der Waals surface area contributed by atoms with Crippen LogP contribution in [0.1, 0.15) is 6.92 Å². The number of fused-ring (bicyclic) bond motifs is 1. The van der Waals surface area contributed by atoms with Gasteiger partial charge >= 0.3 is 51.4 Å². The Kier molecular flexibility index (Phi) is 6.60. The van der Waals surface area contributed by atoms with Gasteiger partial charge in [0.2, 0.25) is 5.91 Å². The minimum Gasteiger partial charge on any atom is -0.543 e. The maximum absolute atomic E-state index is 12.1. The van der Waals surface area contributed by atoms with Crippen LogP contribution in [0.4, 0.5) is 0 Å². The first kappa shape index (κ1) is 20.5. The molecule has 11 heteroatoms. The van der Waals surface area contributed by atoms with Gasteiger partial charge in [-0.15, -0.1) is 11.8 Å². The number of aliphatic carboxylic acids is 1. The Hall–Kier alpha value is 0.796. The number of aliphatic hydroxyl groups is 1. The number of rotatable bonds is 4. The van der Waals surface area contributed by atoms with Gasteiger partial charge in [0.05, 0.1) is 34.5 Å². The van der Waals surface area contributed by atoms with E-state index in [1.54, 1.807) is 18.7 Å². The molecule has 0 aliphatic carbocycles. The first-order chi connectivity index (χ1) is 11.5. The number of nitrogens with zero attached hydrogens (tertiary/aromatic N) is 3. The van der Waals surface area contributed by atoms with Gasteiger partial charge in [-0.1, -0.05) is 23.5 Å². The molecule has 130 valence electrons. The van der Waals surface area contributed by atoms with E-state index in [1.807, 2.05) is 0 Å². The van der Waals surface area contributed by atoms with E-state index in [0.29, 0.717) is 4.24 Å². The van der Waals surface area contributed by atoms with Crippen LogP contribution in [0.15, 0.2) is 14.9 Å². The monoisotopic (exact) mass is 425 g/mol. The molecule has 4 aliphatic rings. The Morgan fingerprint density at radius 2 is 2.20 bits per heavy atom. The van der Waals surface area contributed by atoms with Gasteiger partial charge in [-0.2, -0.15) is 0 Å². The van der Waals surface area contributed by atoms with Crippen molar-refractivity contribution in [3.05, 3.63) is 9.93 Å². The van der Waals surface area contributed by atoms with Gasteiger partial charge in [-0.25, -0.2) is 0 Å². The van der Waals surface area contributed by atoms with Gasteiger partial charge in [0.1, 0.15) is 5.37 Å². The molecule has 0 radical (unpaired) electrons. The Morgan fingerprint density at radius 1 is 1.48 bits per heavy atom. The number of carbonyl (C=O) groups is 2. The molecule has 0 aromatic rings. The summed E-state index contributed by atoms with van der Waals surface area (Å²) < 4.78 is 0.627. The first-order valence-corrected chi connectivity index (χ1v) is 10.4. The maximum Gasteiger partial charge on any atom is 1.00 e. The van der Waals surface area contributed by atoms with E-state index in [1.165, 1.54) is 28.4 Å². The van der Waals surface area contributed by atoms with Gasteiger partial charge in [-0.3, -0.25) is 14.7 Å². The molecule has 0 unspecified atom stereocenters. The van der Waals surface area contributed by atoms with Crippen molar-refractivity contribution in [2.24, 2.45) is 10.9 Å². The summed E-state index contributed by atoms with van der Waals surface area (Å²) in [5.74, 6) is -1.16. The van der Waals surface area contributed by atoms with Crippen molar-refractivity contribution in [1.29, 1.82) is 0 Å². The second kappa shape index (κ2) is 8.04. The molecule has 4 rings (SSSR count). The maximum atomic E-state index is 12.1. The molecule has 7 nitrogen and oxygen atoms in total. The van der Waals surface area contributed by atoms with Crippen molar-refractivity contribution in [1.82, 2.24) is 9.80 Å². The molecule has 1 N–H and O–H groups in total. The summed E-state index contributed by atoms with van der Waals surface area (Å²) >= 11 is 4.61. The smallest absolute Gasteiger partial charge is 0.543 e. The number of carbonyl (C=O) groups excluding carboxylic acids is 2. The number of thioether (sulfide) groups is 3. The molecule has 0 bridgehead atoms. The van der Waals surface area contributed by atoms with E-state index >= 15 is 0 Å². The summed E-state index contributed by atoms with van der Waals surface area (Å²) in [6.45, 7) is 4.09. The van der Waals surface area contributed by atoms with Crippen molar-refractivity contribution in [2.45, 2.75) is 23.7 Å². The van der Waals surface area contributed by atoms with Crippen molar-refractivity contribution in [2.75, 3.05) is 25.4 Å². The van der Waals surface area contributed by atoms with E-state index in [2.05, 4.69) is 9.89 Å². The predicted octanol–water partition coefficient (Wildman–Crippen LogP) is -3.66. The molecule has 25 heavy (non-hydrogen) atoms. The topological polar surface area (TPSA) is 96.3 Å². The molecule has 0 aromatic carbocycles. The van der Waals surface area contributed by atoms with Gasteiger partial charge in [0.15, 0.2) is 5.17 Å². The van der Waals surface area contributed by atoms with Crippen molar-refractivity contribution in [3.8, 4) is 0 Å². The summed E-state index contributed by atoms with van der Waals surface area (Å²) in [7, 11) is 0. The van der Waals surface area contributed by atoms with Crippen LogP contribution in [0.3, 0.4) is 0 Å². The fourth-order valence-corrected chi connectivity index (χ4v) is 7.39. The van der Waals surface area contributed by atoms with Crippen LogP contribution >= 0.6 is 35.3 Å². The number of hydrogen-bond acceptors (Lipinski definition) is 9. The fraction of sp³-hybridized carbons (Fsp3) is 0.643. The van der Waals surface area contributed by atoms with Crippen LogP contribution in [0.25, 0.3) is 0 Å². The van der Waals surface area contributed by atoms with Crippen LogP contribution in [0, 0.1) is 5.92 Å². The van der Waals surface area contributed by atoms with Crippen LogP contribution in [0.2, 0.25) is 0 Å². The normalized spacial score (nSPS) is 29.7. The number of aliphatic hydroxyl groups excluding tert-OH is 1. The third-order valence-corrected chi connectivity index (χ3v) is 8.22. The van der Waals surface area contributed by atoms with Gasteiger partial charge in [-0.05, 0) is 6.92 Å². The number of amides is 1. The van der Waals surface area contributed by atoms with E-state index in [0.717, 1.165) is 30.6 Å². The van der Waals surface area contributed by atoms with E-state index in [4.69, 9.17) is 0 Å². The summed E-state index contributed by atoms with van der Waals surface area (Å²) in [5, 5.41) is 22.3. The minimum absolute atomic E-state index is 0. The van der Waals surface area contributed by atoms with Crippen LogP contribution in [-0.4, -0.2) is 74.1 Å². The molecule has 0 spiro atoms. The van der Waals surface area contributed by atoms with Crippen LogP contribution in [-0.2, 0) is 9.59 Å². The zero-order valence-electron chi connectivity index (χ0n) is 13.9.